The van der Waals surface area contributed by atoms with Crippen LogP contribution >= 0.6 is 0 Å². The number of benzene rings is 1. The number of aryl methyl sites for hydroxylation is 1. The molecule has 4 heteroatoms. The third-order valence-electron chi connectivity index (χ3n) is 3.50. The van der Waals surface area contributed by atoms with E-state index in [9.17, 15) is 0 Å². The minimum absolute atomic E-state index is 0.161. The number of nitrogens with zero attached hydrogens (tertiary/aromatic N) is 1. The minimum Gasteiger partial charge on any atom is -0.491 e. The van der Waals surface area contributed by atoms with Crippen LogP contribution in [0.15, 0.2) is 18.2 Å². The van der Waals surface area contributed by atoms with Crippen LogP contribution in [0.1, 0.15) is 31.5 Å². The maximum Gasteiger partial charge on any atom is 0.120 e. The van der Waals surface area contributed by atoms with E-state index in [0.717, 1.165) is 41.6 Å². The molecule has 100 valence electrons. The number of anilines is 1. The van der Waals surface area contributed by atoms with Crippen LogP contribution < -0.4 is 16.0 Å². The lowest BCUT2D eigenvalue weighted by Crippen LogP contribution is -2.11. The fraction of sp³-hybridized carbons (Fsp3) is 0.400. The highest BCUT2D eigenvalue weighted by atomic mass is 16.5. The molecule has 1 aliphatic carbocycles. The monoisotopic (exact) mass is 257 g/mol. The molecule has 0 unspecified atom stereocenters. The fourth-order valence-corrected chi connectivity index (χ4v) is 2.75. The summed E-state index contributed by atoms with van der Waals surface area (Å²) in [5, 5.41) is 1.04. The van der Waals surface area contributed by atoms with Crippen molar-refractivity contribution in [1.29, 1.82) is 0 Å². The highest BCUT2D eigenvalue weighted by Gasteiger charge is 2.19. The van der Waals surface area contributed by atoms with Crippen molar-refractivity contribution >= 4 is 16.6 Å². The molecule has 0 saturated heterocycles. The Labute approximate surface area is 112 Å². The van der Waals surface area contributed by atoms with E-state index < -0.39 is 0 Å². The van der Waals surface area contributed by atoms with Gasteiger partial charge in [0, 0.05) is 11.1 Å². The molecule has 4 nitrogen and oxygen atoms in total. The van der Waals surface area contributed by atoms with E-state index in [2.05, 4.69) is 5.43 Å². The van der Waals surface area contributed by atoms with E-state index >= 15 is 0 Å². The minimum atomic E-state index is 0.161. The van der Waals surface area contributed by atoms with E-state index in [1.165, 1.54) is 11.3 Å². The van der Waals surface area contributed by atoms with Crippen molar-refractivity contribution in [2.75, 3.05) is 5.43 Å². The maximum atomic E-state index is 5.74. The second-order valence-electron chi connectivity index (χ2n) is 5.26. The topological polar surface area (TPSA) is 60.2 Å². The van der Waals surface area contributed by atoms with Crippen LogP contribution in [0.2, 0.25) is 0 Å². The predicted molar refractivity (Wildman–Crippen MR) is 77.3 cm³/mol. The molecule has 0 saturated carbocycles. The van der Waals surface area contributed by atoms with Crippen LogP contribution in [0.3, 0.4) is 0 Å². The Morgan fingerprint density at radius 2 is 2.16 bits per heavy atom. The fourth-order valence-electron chi connectivity index (χ4n) is 2.75. The van der Waals surface area contributed by atoms with E-state index in [4.69, 9.17) is 15.6 Å². The van der Waals surface area contributed by atoms with Gasteiger partial charge in [0.05, 0.1) is 17.3 Å². The molecule has 3 rings (SSSR count). The van der Waals surface area contributed by atoms with Gasteiger partial charge in [-0.25, -0.2) is 0 Å². The molecule has 0 atom stereocenters. The standard InChI is InChI=1S/C15H19N3O/c1-9(2)19-10-6-7-14-12(8-10)15(18-16)11-4-3-5-13(11)17-14/h6-9H,3-5,16H2,1-2H3,(H,17,18). The number of rotatable bonds is 3. The quantitative estimate of drug-likeness (QED) is 0.655. The van der Waals surface area contributed by atoms with Crippen LogP contribution in [0.25, 0.3) is 10.9 Å². The molecule has 0 spiro atoms. The van der Waals surface area contributed by atoms with Crippen LogP contribution in [0, 0.1) is 0 Å². The first-order valence-corrected chi connectivity index (χ1v) is 6.78. The van der Waals surface area contributed by atoms with Gasteiger partial charge in [-0.1, -0.05) is 0 Å². The number of aromatic nitrogens is 1. The highest BCUT2D eigenvalue weighted by molar-refractivity contribution is 5.94. The third-order valence-corrected chi connectivity index (χ3v) is 3.50. The summed E-state index contributed by atoms with van der Waals surface area (Å²) >= 11 is 0. The van der Waals surface area contributed by atoms with Gasteiger partial charge in [0.15, 0.2) is 0 Å². The number of nitrogen functional groups attached to an aromatic ring is 1. The van der Waals surface area contributed by atoms with Crippen LogP contribution in [0.5, 0.6) is 5.75 Å². The molecule has 1 aromatic carbocycles. The summed E-state index contributed by atoms with van der Waals surface area (Å²) in [6.45, 7) is 4.04. The predicted octanol–water partition coefficient (Wildman–Crippen LogP) is 2.80. The van der Waals surface area contributed by atoms with Gasteiger partial charge >= 0.3 is 0 Å². The lowest BCUT2D eigenvalue weighted by atomic mass is 10.1. The first-order valence-electron chi connectivity index (χ1n) is 6.78. The van der Waals surface area contributed by atoms with Crippen LogP contribution in [-0.4, -0.2) is 11.1 Å². The molecule has 0 bridgehead atoms. The first kappa shape index (κ1) is 12.2. The maximum absolute atomic E-state index is 5.74. The van der Waals surface area contributed by atoms with Crippen molar-refractivity contribution in [3.05, 3.63) is 29.5 Å². The van der Waals surface area contributed by atoms with Crippen molar-refractivity contribution in [3.63, 3.8) is 0 Å². The van der Waals surface area contributed by atoms with Gasteiger partial charge in [-0.3, -0.25) is 10.8 Å². The van der Waals surface area contributed by atoms with Gasteiger partial charge in [0.2, 0.25) is 0 Å². The van der Waals surface area contributed by atoms with Crippen LogP contribution in [0.4, 0.5) is 5.69 Å². The van der Waals surface area contributed by atoms with Crippen molar-refractivity contribution < 1.29 is 4.74 Å². The van der Waals surface area contributed by atoms with Crippen molar-refractivity contribution in [3.8, 4) is 5.75 Å². The van der Waals surface area contributed by atoms with Crippen molar-refractivity contribution in [2.24, 2.45) is 5.84 Å². The number of nitrogens with two attached hydrogens (primary N) is 1. The van der Waals surface area contributed by atoms with Crippen molar-refractivity contribution in [2.45, 2.75) is 39.2 Å². The Kier molecular flexibility index (Phi) is 3.03. The van der Waals surface area contributed by atoms with Gasteiger partial charge in [-0.05, 0) is 56.9 Å². The SMILES string of the molecule is CC(C)Oc1ccc2nc3c(c(NN)c2c1)CCC3. The van der Waals surface area contributed by atoms with Gasteiger partial charge in [-0.2, -0.15) is 0 Å². The molecular formula is C15H19N3O. The molecule has 2 aromatic rings. The number of fused-ring (bicyclic) bond motifs is 2. The summed E-state index contributed by atoms with van der Waals surface area (Å²) < 4.78 is 5.74. The lowest BCUT2D eigenvalue weighted by Gasteiger charge is -2.14. The van der Waals surface area contributed by atoms with Gasteiger partial charge < -0.3 is 10.2 Å². The lowest BCUT2D eigenvalue weighted by molar-refractivity contribution is 0.243. The van der Waals surface area contributed by atoms with E-state index in [-0.39, 0.29) is 6.10 Å². The van der Waals surface area contributed by atoms with Gasteiger partial charge in [0.25, 0.3) is 0 Å². The zero-order valence-corrected chi connectivity index (χ0v) is 11.4. The molecule has 0 fully saturated rings. The Balaban J connectivity index is 2.18. The Morgan fingerprint density at radius 1 is 1.32 bits per heavy atom. The number of ether oxygens (including phenoxy) is 1. The van der Waals surface area contributed by atoms with E-state index in [0.29, 0.717) is 0 Å². The second kappa shape index (κ2) is 4.70. The molecular weight excluding hydrogens is 238 g/mol. The van der Waals surface area contributed by atoms with E-state index in [1.54, 1.807) is 0 Å². The largest absolute Gasteiger partial charge is 0.491 e. The van der Waals surface area contributed by atoms with Gasteiger partial charge in [0.1, 0.15) is 5.75 Å². The zero-order valence-electron chi connectivity index (χ0n) is 11.4. The summed E-state index contributed by atoms with van der Waals surface area (Å²) in [6.07, 6.45) is 3.41. The van der Waals surface area contributed by atoms with E-state index in [1.807, 2.05) is 32.0 Å². The molecule has 0 radical (unpaired) electrons. The Morgan fingerprint density at radius 3 is 2.89 bits per heavy atom. The molecule has 19 heavy (non-hydrogen) atoms. The number of pyridine rings is 1. The smallest absolute Gasteiger partial charge is 0.120 e. The molecule has 1 aliphatic rings. The Bertz CT molecular complexity index is 622. The number of nitrogens with one attached hydrogen (secondary N) is 1. The number of hydrogen-bond acceptors (Lipinski definition) is 4. The average molecular weight is 257 g/mol. The summed E-state index contributed by atoms with van der Waals surface area (Å²) in [5.41, 5.74) is 7.28. The Hall–Kier alpha value is -1.81. The van der Waals surface area contributed by atoms with Crippen LogP contribution in [-0.2, 0) is 12.8 Å². The summed E-state index contributed by atoms with van der Waals surface area (Å²) in [4.78, 5) is 4.73. The number of hydrogen-bond donors (Lipinski definition) is 2. The summed E-state index contributed by atoms with van der Waals surface area (Å²) in [6, 6.07) is 6.00. The van der Waals surface area contributed by atoms with Crippen molar-refractivity contribution in [1.82, 2.24) is 4.98 Å². The summed E-state index contributed by atoms with van der Waals surface area (Å²) in [7, 11) is 0. The molecule has 3 N–H and O–H groups in total. The number of hydrazine groups is 1. The normalized spacial score (nSPS) is 13.9. The molecule has 0 aliphatic heterocycles. The first-order chi connectivity index (χ1) is 9.19. The molecule has 1 aromatic heterocycles. The average Bonchev–Trinajstić information content (AvgIpc) is 2.83. The zero-order chi connectivity index (χ0) is 13.4. The highest BCUT2D eigenvalue weighted by Crippen LogP contribution is 2.35. The van der Waals surface area contributed by atoms with Gasteiger partial charge in [-0.15, -0.1) is 0 Å². The summed E-state index contributed by atoms with van der Waals surface area (Å²) in [5.74, 6) is 6.58. The molecule has 1 heterocycles. The second-order valence-corrected chi connectivity index (χ2v) is 5.26. The third kappa shape index (κ3) is 2.12. The molecule has 0 amide bonds.